The van der Waals surface area contributed by atoms with Crippen LogP contribution < -0.4 is 4.90 Å². The molecule has 2 aliphatic heterocycles. The van der Waals surface area contributed by atoms with Crippen molar-refractivity contribution in [3.05, 3.63) is 17.8 Å². The van der Waals surface area contributed by atoms with E-state index in [-0.39, 0.29) is 5.41 Å². The number of hydrogen-bond acceptors (Lipinski definition) is 5. The molecule has 1 amide bonds. The average molecular weight is 363 g/mol. The number of thioether (sulfide) groups is 1. The van der Waals surface area contributed by atoms with E-state index in [1.807, 2.05) is 11.8 Å². The first kappa shape index (κ1) is 18.5. The first-order valence-electron chi connectivity index (χ1n) is 9.38. The number of carbonyl (C=O) groups is 1. The summed E-state index contributed by atoms with van der Waals surface area (Å²) in [7, 11) is 0. The molecule has 1 aromatic heterocycles. The van der Waals surface area contributed by atoms with E-state index in [0.717, 1.165) is 62.0 Å². The van der Waals surface area contributed by atoms with Crippen molar-refractivity contribution in [2.24, 2.45) is 5.92 Å². The second kappa shape index (κ2) is 7.94. The van der Waals surface area contributed by atoms with Crippen molar-refractivity contribution in [2.75, 3.05) is 42.6 Å². The summed E-state index contributed by atoms with van der Waals surface area (Å²) in [6.07, 6.45) is 2.85. The van der Waals surface area contributed by atoms with Crippen molar-refractivity contribution < 1.29 is 4.79 Å². The van der Waals surface area contributed by atoms with Crippen molar-refractivity contribution in [2.45, 2.75) is 45.4 Å². The van der Waals surface area contributed by atoms with Gasteiger partial charge < -0.3 is 9.80 Å². The van der Waals surface area contributed by atoms with E-state index in [1.165, 1.54) is 0 Å². The molecule has 0 saturated carbocycles. The molecule has 2 saturated heterocycles. The molecular formula is C19H30N4OS. The number of rotatable bonds is 3. The molecule has 0 aromatic carbocycles. The maximum absolute atomic E-state index is 12.4. The Bertz CT molecular complexity index is 570. The maximum Gasteiger partial charge on any atom is 0.222 e. The molecule has 3 rings (SSSR count). The van der Waals surface area contributed by atoms with E-state index in [0.29, 0.717) is 18.2 Å². The molecular weight excluding hydrogens is 332 g/mol. The second-order valence-electron chi connectivity index (χ2n) is 8.15. The molecule has 2 fully saturated rings. The molecule has 0 aliphatic carbocycles. The Morgan fingerprint density at radius 3 is 2.36 bits per heavy atom. The molecule has 2 aliphatic rings. The summed E-state index contributed by atoms with van der Waals surface area (Å²) < 4.78 is 0. The summed E-state index contributed by atoms with van der Waals surface area (Å²) in [5.41, 5.74) is 1.06. The highest BCUT2D eigenvalue weighted by atomic mass is 32.2. The van der Waals surface area contributed by atoms with Crippen LogP contribution in [-0.4, -0.2) is 58.7 Å². The van der Waals surface area contributed by atoms with Crippen LogP contribution in [0, 0.1) is 5.92 Å². The van der Waals surface area contributed by atoms with Crippen LogP contribution in [0.15, 0.2) is 12.1 Å². The number of carbonyl (C=O) groups excluding carboxylic acids is 1. The van der Waals surface area contributed by atoms with Gasteiger partial charge in [-0.2, -0.15) is 16.9 Å². The average Bonchev–Trinajstić information content (AvgIpc) is 2.62. The SMILES string of the molecule is CC(C)(C)c1ccc(N2CCC(CC(=O)N3CCSCC3)CC2)nn1. The van der Waals surface area contributed by atoms with Crippen molar-refractivity contribution in [3.8, 4) is 0 Å². The number of aromatic nitrogens is 2. The molecule has 0 N–H and O–H groups in total. The molecule has 0 atom stereocenters. The predicted octanol–water partition coefficient (Wildman–Crippen LogP) is 2.96. The lowest BCUT2D eigenvalue weighted by Gasteiger charge is -2.34. The zero-order valence-corrected chi connectivity index (χ0v) is 16.5. The summed E-state index contributed by atoms with van der Waals surface area (Å²) in [4.78, 5) is 16.8. The van der Waals surface area contributed by atoms with Crippen molar-refractivity contribution in [1.29, 1.82) is 0 Å². The minimum absolute atomic E-state index is 0.0336. The number of hydrogen-bond donors (Lipinski definition) is 0. The van der Waals surface area contributed by atoms with Crippen LogP contribution in [-0.2, 0) is 10.2 Å². The molecule has 0 unspecified atom stereocenters. The molecule has 0 spiro atoms. The van der Waals surface area contributed by atoms with Crippen LogP contribution in [0.3, 0.4) is 0 Å². The van der Waals surface area contributed by atoms with Crippen LogP contribution in [0.4, 0.5) is 5.82 Å². The van der Waals surface area contributed by atoms with Gasteiger partial charge in [-0.15, -0.1) is 5.10 Å². The molecule has 0 bridgehead atoms. The molecule has 0 radical (unpaired) electrons. The number of anilines is 1. The fourth-order valence-electron chi connectivity index (χ4n) is 3.45. The Hall–Kier alpha value is -1.30. The monoisotopic (exact) mass is 362 g/mol. The summed E-state index contributed by atoms with van der Waals surface area (Å²) in [6, 6.07) is 4.18. The second-order valence-corrected chi connectivity index (χ2v) is 9.38. The fourth-order valence-corrected chi connectivity index (χ4v) is 4.35. The zero-order chi connectivity index (χ0) is 17.9. The van der Waals surface area contributed by atoms with Gasteiger partial charge >= 0.3 is 0 Å². The van der Waals surface area contributed by atoms with Gasteiger partial charge in [-0.05, 0) is 30.9 Å². The van der Waals surface area contributed by atoms with Gasteiger partial charge in [-0.25, -0.2) is 0 Å². The van der Waals surface area contributed by atoms with E-state index < -0.39 is 0 Å². The van der Waals surface area contributed by atoms with Crippen LogP contribution in [0.2, 0.25) is 0 Å². The lowest BCUT2D eigenvalue weighted by atomic mass is 9.92. The van der Waals surface area contributed by atoms with Gasteiger partial charge in [0.15, 0.2) is 5.82 Å². The lowest BCUT2D eigenvalue weighted by molar-refractivity contribution is -0.132. The highest BCUT2D eigenvalue weighted by molar-refractivity contribution is 7.99. The van der Waals surface area contributed by atoms with Gasteiger partial charge in [0.1, 0.15) is 0 Å². The number of nitrogens with zero attached hydrogens (tertiary/aromatic N) is 4. The third-order valence-corrected chi connectivity index (χ3v) is 6.13. The topological polar surface area (TPSA) is 49.3 Å². The molecule has 5 nitrogen and oxygen atoms in total. The van der Waals surface area contributed by atoms with Gasteiger partial charge in [0.2, 0.25) is 5.91 Å². The summed E-state index contributed by atoms with van der Waals surface area (Å²) in [6.45, 7) is 10.3. The Kier molecular flexibility index (Phi) is 5.87. The molecule has 1 aromatic rings. The highest BCUT2D eigenvalue weighted by Crippen LogP contribution is 2.26. The largest absolute Gasteiger partial charge is 0.355 e. The van der Waals surface area contributed by atoms with Gasteiger partial charge in [-0.1, -0.05) is 20.8 Å². The minimum atomic E-state index is 0.0336. The quantitative estimate of drug-likeness (QED) is 0.827. The van der Waals surface area contributed by atoms with Crippen molar-refractivity contribution >= 4 is 23.5 Å². The molecule has 138 valence electrons. The van der Waals surface area contributed by atoms with Crippen LogP contribution >= 0.6 is 11.8 Å². The lowest BCUT2D eigenvalue weighted by Crippen LogP contribution is -2.40. The Morgan fingerprint density at radius 1 is 1.12 bits per heavy atom. The third kappa shape index (κ3) is 4.87. The van der Waals surface area contributed by atoms with Crippen LogP contribution in [0.1, 0.15) is 45.7 Å². The minimum Gasteiger partial charge on any atom is -0.355 e. The first-order chi connectivity index (χ1) is 11.9. The van der Waals surface area contributed by atoms with Crippen LogP contribution in [0.5, 0.6) is 0 Å². The molecule has 3 heterocycles. The fraction of sp³-hybridized carbons (Fsp3) is 0.737. The number of piperidine rings is 1. The zero-order valence-electron chi connectivity index (χ0n) is 15.7. The normalized spacial score (nSPS) is 20.0. The van der Waals surface area contributed by atoms with Gasteiger partial charge in [0.25, 0.3) is 0 Å². The Labute approximate surface area is 155 Å². The summed E-state index contributed by atoms with van der Waals surface area (Å²) in [5.74, 6) is 4.01. The van der Waals surface area contributed by atoms with Gasteiger partial charge in [0.05, 0.1) is 5.69 Å². The van der Waals surface area contributed by atoms with Crippen molar-refractivity contribution in [3.63, 3.8) is 0 Å². The summed E-state index contributed by atoms with van der Waals surface area (Å²) in [5, 5.41) is 8.83. The maximum atomic E-state index is 12.4. The van der Waals surface area contributed by atoms with Gasteiger partial charge in [0, 0.05) is 49.5 Å². The number of amides is 1. The molecule has 25 heavy (non-hydrogen) atoms. The smallest absolute Gasteiger partial charge is 0.222 e. The Balaban J connectivity index is 1.49. The third-order valence-electron chi connectivity index (χ3n) is 5.18. The summed E-state index contributed by atoms with van der Waals surface area (Å²) >= 11 is 1.95. The molecule has 6 heteroatoms. The van der Waals surface area contributed by atoms with E-state index in [4.69, 9.17) is 0 Å². The van der Waals surface area contributed by atoms with Crippen LogP contribution in [0.25, 0.3) is 0 Å². The predicted molar refractivity (Wildman–Crippen MR) is 104 cm³/mol. The first-order valence-corrected chi connectivity index (χ1v) is 10.5. The van der Waals surface area contributed by atoms with Gasteiger partial charge in [-0.3, -0.25) is 4.79 Å². The standard InChI is InChI=1S/C19H30N4OS/c1-19(2,3)16-4-5-17(21-20-16)22-8-6-15(7-9-22)14-18(24)23-10-12-25-13-11-23/h4-5,15H,6-14H2,1-3H3. The van der Waals surface area contributed by atoms with E-state index in [2.05, 4.69) is 52.9 Å². The van der Waals surface area contributed by atoms with E-state index in [9.17, 15) is 4.79 Å². The van der Waals surface area contributed by atoms with Crippen molar-refractivity contribution in [1.82, 2.24) is 15.1 Å². The Morgan fingerprint density at radius 2 is 1.80 bits per heavy atom. The van der Waals surface area contributed by atoms with E-state index in [1.54, 1.807) is 0 Å². The highest BCUT2D eigenvalue weighted by Gasteiger charge is 2.25. The van der Waals surface area contributed by atoms with E-state index >= 15 is 0 Å².